The Balaban J connectivity index is 0.000000237. The number of benzene rings is 3. The third-order valence-corrected chi connectivity index (χ3v) is 7.57. The van der Waals surface area contributed by atoms with Crippen molar-refractivity contribution in [3.63, 3.8) is 0 Å². The average Bonchev–Trinajstić information content (AvgIpc) is 3.04. The third kappa shape index (κ3) is 12.2. The number of carbonyl (C=O) groups is 3. The van der Waals surface area contributed by atoms with Gasteiger partial charge in [-0.1, -0.05) is 66.7 Å². The van der Waals surface area contributed by atoms with Crippen molar-refractivity contribution >= 4 is 18.3 Å². The summed E-state index contributed by atoms with van der Waals surface area (Å²) in [7, 11) is 0. The summed E-state index contributed by atoms with van der Waals surface area (Å²) in [5.74, 6) is 0. The van der Waals surface area contributed by atoms with Gasteiger partial charge in [-0.2, -0.15) is 0 Å². The maximum atomic E-state index is 12.4. The molecule has 10 nitrogen and oxygen atoms in total. The van der Waals surface area contributed by atoms with E-state index in [2.05, 4.69) is 40.2 Å². The van der Waals surface area contributed by atoms with Crippen LogP contribution in [0.4, 0.5) is 14.4 Å². The van der Waals surface area contributed by atoms with Gasteiger partial charge in [-0.15, -0.1) is 0 Å². The third-order valence-electron chi connectivity index (χ3n) is 7.57. The van der Waals surface area contributed by atoms with Gasteiger partial charge in [0, 0.05) is 32.7 Å². The number of hydrogen-bond donors (Lipinski definition) is 3. The molecule has 0 fully saturated rings. The summed E-state index contributed by atoms with van der Waals surface area (Å²) in [5.41, 5.74) is 7.09. The van der Waals surface area contributed by atoms with E-state index in [4.69, 9.17) is 14.2 Å². The van der Waals surface area contributed by atoms with Crippen LogP contribution in [0, 0.1) is 0 Å². The number of nitrogens with one attached hydrogen (secondary N) is 3. The lowest BCUT2D eigenvalue weighted by Crippen LogP contribution is -2.36. The zero-order chi connectivity index (χ0) is 34.7. The van der Waals surface area contributed by atoms with E-state index in [9.17, 15) is 14.4 Å². The van der Waals surface area contributed by atoms with E-state index in [1.54, 1.807) is 4.90 Å². The molecule has 0 atom stereocenters. The Morgan fingerprint density at radius 1 is 0.708 bits per heavy atom. The molecule has 0 radical (unpaired) electrons. The van der Waals surface area contributed by atoms with Crippen LogP contribution in [0.5, 0.6) is 0 Å². The highest BCUT2D eigenvalue weighted by Gasteiger charge is 2.23. The molecule has 3 aromatic rings. The molecular weight excluding hydrogens is 608 g/mol. The van der Waals surface area contributed by atoms with E-state index >= 15 is 0 Å². The first-order valence-corrected chi connectivity index (χ1v) is 16.6. The van der Waals surface area contributed by atoms with Gasteiger partial charge in [0.05, 0.1) is 0 Å². The summed E-state index contributed by atoms with van der Waals surface area (Å²) in [6.07, 6.45) is 0.742. The van der Waals surface area contributed by atoms with Crippen LogP contribution in [0.3, 0.4) is 0 Å². The lowest BCUT2D eigenvalue weighted by atomic mass is 9.97. The van der Waals surface area contributed by atoms with Gasteiger partial charge in [0.1, 0.15) is 17.8 Å². The smallest absolute Gasteiger partial charge is 0.410 e. The molecule has 3 amide bonds. The molecule has 2 aliphatic heterocycles. The first-order valence-electron chi connectivity index (χ1n) is 16.6. The second-order valence-electron chi connectivity index (χ2n) is 14.1. The minimum absolute atomic E-state index is 0.267. The van der Waals surface area contributed by atoms with Crippen LogP contribution in [0.1, 0.15) is 80.5 Å². The Morgan fingerprint density at radius 3 is 1.85 bits per heavy atom. The van der Waals surface area contributed by atoms with E-state index in [1.165, 1.54) is 16.7 Å². The van der Waals surface area contributed by atoms with Crippen molar-refractivity contribution in [3.8, 4) is 0 Å². The van der Waals surface area contributed by atoms with Gasteiger partial charge in [-0.3, -0.25) is 0 Å². The van der Waals surface area contributed by atoms with E-state index in [0.717, 1.165) is 48.2 Å². The predicted octanol–water partition coefficient (Wildman–Crippen LogP) is 6.76. The van der Waals surface area contributed by atoms with Crippen molar-refractivity contribution in [2.75, 3.05) is 13.1 Å². The largest absolute Gasteiger partial charge is 0.445 e. The molecule has 0 aromatic heterocycles. The normalized spacial score (nSPS) is 13.9. The Morgan fingerprint density at radius 2 is 1.27 bits per heavy atom. The van der Waals surface area contributed by atoms with Crippen LogP contribution < -0.4 is 16.0 Å². The van der Waals surface area contributed by atoms with Crippen LogP contribution in [0.2, 0.25) is 0 Å². The van der Waals surface area contributed by atoms with Crippen molar-refractivity contribution in [1.82, 2.24) is 20.9 Å². The molecule has 0 spiro atoms. The van der Waals surface area contributed by atoms with Crippen molar-refractivity contribution in [2.24, 2.45) is 0 Å². The number of ether oxygens (including phenoxy) is 3. The predicted molar refractivity (Wildman–Crippen MR) is 185 cm³/mol. The highest BCUT2D eigenvalue weighted by molar-refractivity contribution is 5.69. The topological polar surface area (TPSA) is 118 Å². The Bertz CT molecular complexity index is 1540. The zero-order valence-electron chi connectivity index (χ0n) is 29.1. The fraction of sp³-hybridized carbons (Fsp3) is 0.447. The highest BCUT2D eigenvalue weighted by Crippen LogP contribution is 2.22. The first kappa shape index (κ1) is 36.3. The Kier molecular flexibility index (Phi) is 12.5. The lowest BCUT2D eigenvalue weighted by molar-refractivity contribution is 0.0512. The molecule has 5 rings (SSSR count). The summed E-state index contributed by atoms with van der Waals surface area (Å²) < 4.78 is 15.9. The van der Waals surface area contributed by atoms with Gasteiger partial charge in [0.2, 0.25) is 0 Å². The minimum Gasteiger partial charge on any atom is -0.445 e. The fourth-order valence-electron chi connectivity index (χ4n) is 5.31. The summed E-state index contributed by atoms with van der Waals surface area (Å²) in [4.78, 5) is 37.6. The molecule has 0 bridgehead atoms. The fourth-order valence-corrected chi connectivity index (χ4v) is 5.31. The quantitative estimate of drug-likeness (QED) is 0.251. The van der Waals surface area contributed by atoms with Crippen LogP contribution >= 0.6 is 0 Å². The summed E-state index contributed by atoms with van der Waals surface area (Å²) >= 11 is 0. The van der Waals surface area contributed by atoms with Crippen LogP contribution in [-0.4, -0.2) is 47.5 Å². The number of carbonyl (C=O) groups excluding carboxylic acids is 3. The van der Waals surface area contributed by atoms with E-state index < -0.39 is 17.3 Å². The van der Waals surface area contributed by atoms with Gasteiger partial charge in [0.25, 0.3) is 0 Å². The molecule has 10 heteroatoms. The number of nitrogens with zero attached hydrogens (tertiary/aromatic N) is 1. The maximum Gasteiger partial charge on any atom is 0.410 e. The van der Waals surface area contributed by atoms with Gasteiger partial charge >= 0.3 is 18.3 Å². The number of rotatable bonds is 6. The van der Waals surface area contributed by atoms with Crippen LogP contribution in [0.15, 0.2) is 66.7 Å². The van der Waals surface area contributed by atoms with Crippen LogP contribution in [-0.2, 0) is 59.8 Å². The number of fused-ring (bicyclic) bond motifs is 2. The second kappa shape index (κ2) is 16.5. The summed E-state index contributed by atoms with van der Waals surface area (Å²) in [6, 6.07) is 22.1. The molecule has 258 valence electrons. The highest BCUT2D eigenvalue weighted by atomic mass is 16.6. The van der Waals surface area contributed by atoms with E-state index in [0.29, 0.717) is 26.2 Å². The van der Waals surface area contributed by atoms with Crippen molar-refractivity contribution < 1.29 is 28.6 Å². The van der Waals surface area contributed by atoms with E-state index in [-0.39, 0.29) is 18.8 Å². The second-order valence-corrected chi connectivity index (χ2v) is 14.1. The van der Waals surface area contributed by atoms with E-state index in [1.807, 2.05) is 84.0 Å². The molecule has 0 saturated carbocycles. The summed E-state index contributed by atoms with van der Waals surface area (Å²) in [5, 5.41) is 8.90. The first-order chi connectivity index (χ1) is 22.7. The standard InChI is InChI=1S/C23H28N2O4.C15H22N2O2/c1-23(2,3)29-21(26)24-14-18-9-10-19-11-12-25(15-20(19)13-18)22(27)28-16-17-7-5-4-6-8-17;1-15(2,3)19-14(18)17-9-11-4-5-12-6-7-16-10-13(12)8-11/h4-10,13H,11-12,14-16H2,1-3H3,(H,24,26);4-5,8,16H,6-7,9-10H2,1-3H3,(H,17,18). The average molecular weight is 659 g/mol. The molecule has 0 unspecified atom stereocenters. The van der Waals surface area contributed by atoms with Crippen molar-refractivity contribution in [1.29, 1.82) is 0 Å². The van der Waals surface area contributed by atoms with Crippen molar-refractivity contribution in [3.05, 3.63) is 106 Å². The number of alkyl carbamates (subject to hydrolysis) is 2. The van der Waals surface area contributed by atoms with Crippen LogP contribution in [0.25, 0.3) is 0 Å². The molecular formula is C38H50N4O6. The molecule has 0 aliphatic carbocycles. The zero-order valence-corrected chi connectivity index (χ0v) is 29.1. The van der Waals surface area contributed by atoms with Crippen molar-refractivity contribution in [2.45, 2.75) is 98.4 Å². The maximum absolute atomic E-state index is 12.4. The number of hydrogen-bond acceptors (Lipinski definition) is 7. The monoisotopic (exact) mass is 658 g/mol. The SMILES string of the molecule is CC(C)(C)OC(=O)NCc1ccc2c(c1)CN(C(=O)OCc1ccccc1)CC2.CC(C)(C)OC(=O)NCc1ccc2c(c1)CNCC2. The number of amides is 3. The Hall–Kier alpha value is -4.57. The van der Waals surface area contributed by atoms with Gasteiger partial charge in [-0.25, -0.2) is 14.4 Å². The van der Waals surface area contributed by atoms with Gasteiger partial charge in [0.15, 0.2) is 0 Å². The molecule has 2 aliphatic rings. The Labute approximate surface area is 284 Å². The van der Waals surface area contributed by atoms with Gasteiger partial charge < -0.3 is 35.1 Å². The molecule has 48 heavy (non-hydrogen) atoms. The molecule has 2 heterocycles. The minimum atomic E-state index is -0.527. The lowest BCUT2D eigenvalue weighted by Gasteiger charge is -2.28. The molecule has 3 N–H and O–H groups in total. The molecule has 3 aromatic carbocycles. The summed E-state index contributed by atoms with van der Waals surface area (Å²) in [6.45, 7) is 15.3. The molecule has 0 saturated heterocycles. The van der Waals surface area contributed by atoms with Gasteiger partial charge in [-0.05, 0) is 99.9 Å².